The number of esters is 1. The number of benzene rings is 1. The molecule has 0 unspecified atom stereocenters. The first kappa shape index (κ1) is 13.0. The second-order valence-corrected chi connectivity index (χ2v) is 3.87. The molecular weight excluding hydrogens is 228 g/mol. The Kier molecular flexibility index (Phi) is 5.29. The van der Waals surface area contributed by atoms with E-state index in [2.05, 4.69) is 0 Å². The normalized spacial score (nSPS) is 12.2. The van der Waals surface area contributed by atoms with E-state index in [1.165, 1.54) is 0 Å². The van der Waals surface area contributed by atoms with Crippen LogP contribution in [0.1, 0.15) is 18.9 Å². The molecule has 1 aromatic carbocycles. The lowest BCUT2D eigenvalue weighted by Gasteiger charge is -2.09. The Morgan fingerprint density at radius 3 is 2.62 bits per heavy atom. The molecule has 0 aromatic heterocycles. The maximum Gasteiger partial charge on any atom is 0.334 e. The molecule has 88 valence electrons. The van der Waals surface area contributed by atoms with Gasteiger partial charge in [-0.1, -0.05) is 23.7 Å². The summed E-state index contributed by atoms with van der Waals surface area (Å²) < 4.78 is 4.70. The second-order valence-electron chi connectivity index (χ2n) is 3.43. The van der Waals surface area contributed by atoms with Crippen LogP contribution in [0.2, 0.25) is 5.02 Å². The molecule has 1 aromatic rings. The molecular formula is C12H15ClO3. The Bertz CT molecular complexity index is 335. The van der Waals surface area contributed by atoms with E-state index in [0.717, 1.165) is 5.56 Å². The summed E-state index contributed by atoms with van der Waals surface area (Å²) in [6.45, 7) is 2.00. The van der Waals surface area contributed by atoms with Crippen molar-refractivity contribution in [2.24, 2.45) is 0 Å². The lowest BCUT2D eigenvalue weighted by Crippen LogP contribution is -2.23. The van der Waals surface area contributed by atoms with Crippen LogP contribution in [0.25, 0.3) is 0 Å². The highest BCUT2D eigenvalue weighted by atomic mass is 35.5. The highest BCUT2D eigenvalue weighted by Crippen LogP contribution is 2.12. The van der Waals surface area contributed by atoms with Gasteiger partial charge in [-0.15, -0.1) is 0 Å². The van der Waals surface area contributed by atoms with E-state index in [9.17, 15) is 9.90 Å². The SMILES string of the molecule is CCOC(=O)[C@H](O)CCc1ccc(Cl)cc1. The fourth-order valence-electron chi connectivity index (χ4n) is 1.31. The monoisotopic (exact) mass is 242 g/mol. The first-order chi connectivity index (χ1) is 7.63. The minimum Gasteiger partial charge on any atom is -0.464 e. The minimum atomic E-state index is -1.05. The molecule has 0 spiro atoms. The average Bonchev–Trinajstić information content (AvgIpc) is 2.28. The number of rotatable bonds is 5. The summed E-state index contributed by atoms with van der Waals surface area (Å²) in [7, 11) is 0. The number of aryl methyl sites for hydroxylation is 1. The van der Waals surface area contributed by atoms with Gasteiger partial charge in [-0.3, -0.25) is 0 Å². The van der Waals surface area contributed by atoms with Crippen LogP contribution in [0.4, 0.5) is 0 Å². The summed E-state index contributed by atoms with van der Waals surface area (Å²) in [5, 5.41) is 10.1. The third kappa shape index (κ3) is 4.21. The number of aliphatic hydroxyl groups excluding tert-OH is 1. The van der Waals surface area contributed by atoms with Crippen LogP contribution >= 0.6 is 11.6 Å². The molecule has 0 aliphatic rings. The molecule has 4 heteroatoms. The molecule has 0 fully saturated rings. The third-order valence-electron chi connectivity index (χ3n) is 2.18. The highest BCUT2D eigenvalue weighted by molar-refractivity contribution is 6.30. The fourth-order valence-corrected chi connectivity index (χ4v) is 1.44. The quantitative estimate of drug-likeness (QED) is 0.806. The van der Waals surface area contributed by atoms with Crippen LogP contribution in [-0.2, 0) is 16.0 Å². The van der Waals surface area contributed by atoms with E-state index in [0.29, 0.717) is 17.9 Å². The summed E-state index contributed by atoms with van der Waals surface area (Å²) >= 11 is 5.74. The number of ether oxygens (including phenoxy) is 1. The third-order valence-corrected chi connectivity index (χ3v) is 2.43. The van der Waals surface area contributed by atoms with E-state index in [4.69, 9.17) is 16.3 Å². The van der Waals surface area contributed by atoms with E-state index >= 15 is 0 Å². The van der Waals surface area contributed by atoms with E-state index in [1.54, 1.807) is 19.1 Å². The van der Waals surface area contributed by atoms with Gasteiger partial charge >= 0.3 is 5.97 Å². The predicted molar refractivity (Wildman–Crippen MR) is 62.4 cm³/mol. The van der Waals surface area contributed by atoms with Crippen LogP contribution in [0.5, 0.6) is 0 Å². The zero-order valence-corrected chi connectivity index (χ0v) is 9.91. The van der Waals surface area contributed by atoms with Gasteiger partial charge in [-0.2, -0.15) is 0 Å². The van der Waals surface area contributed by atoms with E-state index in [-0.39, 0.29) is 6.61 Å². The molecule has 0 aliphatic heterocycles. The van der Waals surface area contributed by atoms with Crippen LogP contribution in [0, 0.1) is 0 Å². The Morgan fingerprint density at radius 1 is 1.44 bits per heavy atom. The lowest BCUT2D eigenvalue weighted by molar-refractivity contribution is -0.153. The molecule has 0 bridgehead atoms. The Hall–Kier alpha value is -1.06. The Labute approximate surface area is 100.0 Å². The van der Waals surface area contributed by atoms with Crippen LogP contribution in [0.3, 0.4) is 0 Å². The molecule has 16 heavy (non-hydrogen) atoms. The summed E-state index contributed by atoms with van der Waals surface area (Å²) in [5.74, 6) is -0.559. The molecule has 0 saturated carbocycles. The van der Waals surface area contributed by atoms with Crippen molar-refractivity contribution in [2.75, 3.05) is 6.61 Å². The maximum atomic E-state index is 11.1. The van der Waals surface area contributed by atoms with Gasteiger partial charge in [0.25, 0.3) is 0 Å². The van der Waals surface area contributed by atoms with Gasteiger partial charge in [0.2, 0.25) is 0 Å². The number of hydrogen-bond donors (Lipinski definition) is 1. The maximum absolute atomic E-state index is 11.1. The molecule has 1 rings (SSSR count). The fraction of sp³-hybridized carbons (Fsp3) is 0.417. The van der Waals surface area contributed by atoms with Gasteiger partial charge < -0.3 is 9.84 Å². The summed E-state index contributed by atoms with van der Waals surface area (Å²) in [6.07, 6.45) is -0.0620. The highest BCUT2D eigenvalue weighted by Gasteiger charge is 2.15. The summed E-state index contributed by atoms with van der Waals surface area (Å²) in [4.78, 5) is 11.1. The first-order valence-corrected chi connectivity index (χ1v) is 5.60. The van der Waals surface area contributed by atoms with Crippen molar-refractivity contribution in [3.05, 3.63) is 34.9 Å². The molecule has 1 atom stereocenters. The number of halogens is 1. The summed E-state index contributed by atoms with van der Waals surface area (Å²) in [6, 6.07) is 7.32. The first-order valence-electron chi connectivity index (χ1n) is 5.22. The van der Waals surface area contributed by atoms with Gasteiger partial charge in [0, 0.05) is 5.02 Å². The van der Waals surface area contributed by atoms with E-state index in [1.807, 2.05) is 12.1 Å². The minimum absolute atomic E-state index is 0.289. The largest absolute Gasteiger partial charge is 0.464 e. The van der Waals surface area contributed by atoms with Crippen molar-refractivity contribution >= 4 is 17.6 Å². The molecule has 0 amide bonds. The number of hydrogen-bond acceptors (Lipinski definition) is 3. The standard InChI is InChI=1S/C12H15ClO3/c1-2-16-12(15)11(14)8-5-9-3-6-10(13)7-4-9/h3-4,6-7,11,14H,2,5,8H2,1H3/t11-/m1/s1. The average molecular weight is 243 g/mol. The van der Waals surface area contributed by atoms with Crippen molar-refractivity contribution in [2.45, 2.75) is 25.9 Å². The predicted octanol–water partition coefficient (Wildman–Crippen LogP) is 2.20. The van der Waals surface area contributed by atoms with Crippen molar-refractivity contribution in [3.8, 4) is 0 Å². The number of carbonyl (C=O) groups excluding carboxylic acids is 1. The lowest BCUT2D eigenvalue weighted by atomic mass is 10.1. The topological polar surface area (TPSA) is 46.5 Å². The van der Waals surface area contributed by atoms with Crippen molar-refractivity contribution in [1.82, 2.24) is 0 Å². The van der Waals surface area contributed by atoms with Crippen molar-refractivity contribution in [1.29, 1.82) is 0 Å². The van der Waals surface area contributed by atoms with Gasteiger partial charge in [0.05, 0.1) is 6.61 Å². The van der Waals surface area contributed by atoms with Gasteiger partial charge in [0.1, 0.15) is 0 Å². The Balaban J connectivity index is 2.39. The van der Waals surface area contributed by atoms with Crippen LogP contribution in [-0.4, -0.2) is 23.8 Å². The molecule has 0 aliphatic carbocycles. The number of carbonyl (C=O) groups is 1. The second kappa shape index (κ2) is 6.51. The molecule has 0 radical (unpaired) electrons. The molecule has 0 saturated heterocycles. The molecule has 0 heterocycles. The van der Waals surface area contributed by atoms with Gasteiger partial charge in [-0.25, -0.2) is 4.79 Å². The van der Waals surface area contributed by atoms with Crippen LogP contribution in [0.15, 0.2) is 24.3 Å². The zero-order chi connectivity index (χ0) is 12.0. The molecule has 1 N–H and O–H groups in total. The number of aliphatic hydroxyl groups is 1. The Morgan fingerprint density at radius 2 is 2.06 bits per heavy atom. The zero-order valence-electron chi connectivity index (χ0n) is 9.15. The van der Waals surface area contributed by atoms with E-state index < -0.39 is 12.1 Å². The van der Waals surface area contributed by atoms with Gasteiger partial charge in [-0.05, 0) is 37.5 Å². The molecule has 3 nitrogen and oxygen atoms in total. The van der Waals surface area contributed by atoms with Gasteiger partial charge in [0.15, 0.2) is 6.10 Å². The van der Waals surface area contributed by atoms with Crippen molar-refractivity contribution < 1.29 is 14.6 Å². The van der Waals surface area contributed by atoms with Crippen LogP contribution < -0.4 is 0 Å². The smallest absolute Gasteiger partial charge is 0.334 e. The van der Waals surface area contributed by atoms with Crippen molar-refractivity contribution in [3.63, 3.8) is 0 Å². The summed E-state index contributed by atoms with van der Waals surface area (Å²) in [5.41, 5.74) is 1.03.